The van der Waals surface area contributed by atoms with Crippen molar-refractivity contribution in [3.63, 3.8) is 0 Å². The highest BCUT2D eigenvalue weighted by Gasteiger charge is 2.10. The van der Waals surface area contributed by atoms with Gasteiger partial charge in [-0.2, -0.15) is 5.10 Å². The minimum absolute atomic E-state index is 0.755. The number of aryl methyl sites for hydroxylation is 2. The molecule has 0 saturated carbocycles. The van der Waals surface area contributed by atoms with Gasteiger partial charge in [-0.05, 0) is 43.3 Å². The van der Waals surface area contributed by atoms with Gasteiger partial charge in [0, 0.05) is 55.8 Å². The van der Waals surface area contributed by atoms with E-state index in [0.29, 0.717) is 0 Å². The average molecular weight is 387 g/mol. The number of benzene rings is 2. The van der Waals surface area contributed by atoms with Crippen LogP contribution in [0, 0.1) is 6.92 Å². The fourth-order valence-electron chi connectivity index (χ4n) is 3.24. The first-order valence-corrected chi connectivity index (χ1v) is 9.74. The lowest BCUT2D eigenvalue weighted by Gasteiger charge is -2.07. The molecule has 0 atom stereocenters. The molecular formula is C23H25N5O. The summed E-state index contributed by atoms with van der Waals surface area (Å²) >= 11 is 0. The lowest BCUT2D eigenvalue weighted by Crippen LogP contribution is -2.17. The SMILES string of the molecule is Cc1cnc(CCNCc2cn(C)nc2-c2ccc(Oc3ccccc3)cc2)[nH]1. The second kappa shape index (κ2) is 8.75. The molecule has 2 aromatic carbocycles. The third kappa shape index (κ3) is 4.92. The number of H-pyrrole nitrogens is 1. The molecule has 4 aromatic rings. The Labute approximate surface area is 170 Å². The first-order chi connectivity index (χ1) is 14.2. The number of nitrogens with zero attached hydrogens (tertiary/aromatic N) is 3. The Kier molecular flexibility index (Phi) is 5.72. The molecule has 0 unspecified atom stereocenters. The van der Waals surface area contributed by atoms with Crippen molar-refractivity contribution in [2.45, 2.75) is 19.9 Å². The average Bonchev–Trinajstić information content (AvgIpc) is 3.32. The molecule has 0 aliphatic carbocycles. The van der Waals surface area contributed by atoms with Gasteiger partial charge >= 0.3 is 0 Å². The molecule has 148 valence electrons. The molecule has 6 heteroatoms. The van der Waals surface area contributed by atoms with Gasteiger partial charge in [0.05, 0.1) is 5.69 Å². The number of aromatic amines is 1. The van der Waals surface area contributed by atoms with E-state index in [-0.39, 0.29) is 0 Å². The smallest absolute Gasteiger partial charge is 0.127 e. The van der Waals surface area contributed by atoms with Crippen LogP contribution in [0.5, 0.6) is 11.5 Å². The minimum Gasteiger partial charge on any atom is -0.457 e. The Balaban J connectivity index is 1.39. The van der Waals surface area contributed by atoms with Crippen LogP contribution in [0.1, 0.15) is 17.1 Å². The van der Waals surface area contributed by atoms with Crippen molar-refractivity contribution in [1.29, 1.82) is 0 Å². The van der Waals surface area contributed by atoms with Crippen LogP contribution in [0.15, 0.2) is 67.0 Å². The highest BCUT2D eigenvalue weighted by Crippen LogP contribution is 2.27. The molecule has 0 radical (unpaired) electrons. The Hall–Kier alpha value is -3.38. The van der Waals surface area contributed by atoms with E-state index in [4.69, 9.17) is 4.74 Å². The summed E-state index contributed by atoms with van der Waals surface area (Å²) in [7, 11) is 1.95. The molecule has 0 aliphatic rings. The summed E-state index contributed by atoms with van der Waals surface area (Å²) in [6.07, 6.45) is 4.79. The monoisotopic (exact) mass is 387 g/mol. The summed E-state index contributed by atoms with van der Waals surface area (Å²) in [5.74, 6) is 2.65. The van der Waals surface area contributed by atoms with Crippen LogP contribution < -0.4 is 10.1 Å². The van der Waals surface area contributed by atoms with Gasteiger partial charge in [-0.25, -0.2) is 4.98 Å². The molecule has 2 aromatic heterocycles. The lowest BCUT2D eigenvalue weighted by atomic mass is 10.1. The van der Waals surface area contributed by atoms with Gasteiger partial charge < -0.3 is 15.0 Å². The zero-order chi connectivity index (χ0) is 20.1. The van der Waals surface area contributed by atoms with Crippen LogP contribution in [0.3, 0.4) is 0 Å². The van der Waals surface area contributed by atoms with Gasteiger partial charge in [-0.1, -0.05) is 18.2 Å². The molecule has 0 bridgehead atoms. The van der Waals surface area contributed by atoms with E-state index in [2.05, 4.69) is 38.7 Å². The molecule has 0 fully saturated rings. The topological polar surface area (TPSA) is 67.8 Å². The molecular weight excluding hydrogens is 362 g/mol. The third-order valence-corrected chi connectivity index (χ3v) is 4.62. The van der Waals surface area contributed by atoms with Crippen molar-refractivity contribution >= 4 is 0 Å². The molecule has 0 aliphatic heterocycles. The third-order valence-electron chi connectivity index (χ3n) is 4.62. The maximum Gasteiger partial charge on any atom is 0.127 e. The van der Waals surface area contributed by atoms with E-state index in [0.717, 1.165) is 53.8 Å². The molecule has 0 saturated heterocycles. The van der Waals surface area contributed by atoms with Gasteiger partial charge in [0.15, 0.2) is 0 Å². The molecule has 29 heavy (non-hydrogen) atoms. The standard InChI is InChI=1S/C23H25N5O/c1-17-14-25-22(26-17)12-13-24-15-19-16-28(2)27-23(19)18-8-10-21(11-9-18)29-20-6-4-3-5-7-20/h3-11,14,16,24H,12-13,15H2,1-2H3,(H,25,26). The molecule has 2 heterocycles. The first kappa shape index (κ1) is 19.0. The van der Waals surface area contributed by atoms with Crippen molar-refractivity contribution in [1.82, 2.24) is 25.1 Å². The summed E-state index contributed by atoms with van der Waals surface area (Å²) < 4.78 is 7.74. The van der Waals surface area contributed by atoms with Crippen molar-refractivity contribution < 1.29 is 4.74 Å². The first-order valence-electron chi connectivity index (χ1n) is 9.74. The van der Waals surface area contributed by atoms with E-state index in [1.54, 1.807) is 0 Å². The normalized spacial score (nSPS) is 11.0. The second-order valence-corrected chi connectivity index (χ2v) is 7.06. The summed E-state index contributed by atoms with van der Waals surface area (Å²) in [5.41, 5.74) is 4.32. The second-order valence-electron chi connectivity index (χ2n) is 7.06. The fraction of sp³-hybridized carbons (Fsp3) is 0.217. The number of ether oxygens (including phenoxy) is 1. The van der Waals surface area contributed by atoms with Crippen molar-refractivity contribution in [3.05, 3.63) is 84.1 Å². The molecule has 6 nitrogen and oxygen atoms in total. The van der Waals surface area contributed by atoms with E-state index < -0.39 is 0 Å². The Morgan fingerprint density at radius 1 is 1.03 bits per heavy atom. The Morgan fingerprint density at radius 3 is 2.52 bits per heavy atom. The van der Waals surface area contributed by atoms with Crippen LogP contribution in [-0.4, -0.2) is 26.3 Å². The predicted molar refractivity (Wildman–Crippen MR) is 114 cm³/mol. The number of nitrogens with one attached hydrogen (secondary N) is 2. The largest absolute Gasteiger partial charge is 0.457 e. The minimum atomic E-state index is 0.755. The number of imidazole rings is 1. The van der Waals surface area contributed by atoms with E-state index in [1.807, 2.05) is 67.3 Å². The zero-order valence-electron chi connectivity index (χ0n) is 16.7. The van der Waals surface area contributed by atoms with E-state index >= 15 is 0 Å². The number of para-hydroxylation sites is 1. The van der Waals surface area contributed by atoms with Crippen molar-refractivity contribution in [2.75, 3.05) is 6.54 Å². The number of rotatable bonds is 8. The number of aromatic nitrogens is 4. The molecule has 4 rings (SSSR count). The highest BCUT2D eigenvalue weighted by atomic mass is 16.5. The van der Waals surface area contributed by atoms with Gasteiger partial charge in [-0.15, -0.1) is 0 Å². The van der Waals surface area contributed by atoms with Gasteiger partial charge in [0.25, 0.3) is 0 Å². The number of hydrogen-bond acceptors (Lipinski definition) is 4. The summed E-state index contributed by atoms with van der Waals surface area (Å²) in [5, 5.41) is 8.14. The van der Waals surface area contributed by atoms with Crippen LogP contribution >= 0.6 is 0 Å². The maximum atomic E-state index is 5.88. The lowest BCUT2D eigenvalue weighted by molar-refractivity contribution is 0.483. The molecule has 0 spiro atoms. The van der Waals surface area contributed by atoms with Crippen LogP contribution in [0.2, 0.25) is 0 Å². The predicted octanol–water partition coefficient (Wildman–Crippen LogP) is 4.24. The summed E-state index contributed by atoms with van der Waals surface area (Å²) in [6, 6.07) is 17.9. The van der Waals surface area contributed by atoms with E-state index in [9.17, 15) is 0 Å². The molecule has 2 N–H and O–H groups in total. The van der Waals surface area contributed by atoms with E-state index in [1.165, 1.54) is 5.56 Å². The van der Waals surface area contributed by atoms with Gasteiger partial charge in [0.1, 0.15) is 17.3 Å². The van der Waals surface area contributed by atoms with Crippen LogP contribution in [0.4, 0.5) is 0 Å². The fourth-order valence-corrected chi connectivity index (χ4v) is 3.24. The van der Waals surface area contributed by atoms with Gasteiger partial charge in [0.2, 0.25) is 0 Å². The number of hydrogen-bond donors (Lipinski definition) is 2. The van der Waals surface area contributed by atoms with Gasteiger partial charge in [-0.3, -0.25) is 4.68 Å². The van der Waals surface area contributed by atoms with Crippen LogP contribution in [0.25, 0.3) is 11.3 Å². The Morgan fingerprint density at radius 2 is 1.79 bits per heavy atom. The maximum absolute atomic E-state index is 5.88. The van der Waals surface area contributed by atoms with Crippen molar-refractivity contribution in [3.8, 4) is 22.8 Å². The zero-order valence-corrected chi connectivity index (χ0v) is 16.7. The van der Waals surface area contributed by atoms with Crippen molar-refractivity contribution in [2.24, 2.45) is 7.05 Å². The summed E-state index contributed by atoms with van der Waals surface area (Å²) in [6.45, 7) is 3.62. The molecule has 0 amide bonds. The quantitative estimate of drug-likeness (QED) is 0.444. The van der Waals surface area contributed by atoms with Crippen LogP contribution in [-0.2, 0) is 20.0 Å². The highest BCUT2D eigenvalue weighted by molar-refractivity contribution is 5.63. The summed E-state index contributed by atoms with van der Waals surface area (Å²) in [4.78, 5) is 7.60. The Bertz CT molecular complexity index is 1050.